The molecule has 0 bridgehead atoms. The van der Waals surface area contributed by atoms with E-state index in [2.05, 4.69) is 9.97 Å². The lowest BCUT2D eigenvalue weighted by Gasteiger charge is -2.11. The van der Waals surface area contributed by atoms with Gasteiger partial charge in [0.2, 0.25) is 15.6 Å². The summed E-state index contributed by atoms with van der Waals surface area (Å²) in [4.78, 5) is 21.2. The number of ether oxygens (including phenoxy) is 1. The van der Waals surface area contributed by atoms with Crippen LogP contribution in [-0.2, 0) is 16.3 Å². The molecule has 2 heterocycles. The molecule has 4 rings (SSSR count). The highest BCUT2D eigenvalue weighted by Crippen LogP contribution is 2.25. The lowest BCUT2D eigenvalue weighted by molar-refractivity contribution is 0.0982. The van der Waals surface area contributed by atoms with Crippen molar-refractivity contribution in [2.75, 3.05) is 6.61 Å². The smallest absolute Gasteiger partial charge is 0.233 e. The fraction of sp³-hybridized carbons (Fsp3) is 0.240. The topological polar surface area (TPSA) is 90.6 Å². The van der Waals surface area contributed by atoms with Crippen molar-refractivity contribution >= 4 is 21.4 Å². The molecule has 8 heteroatoms. The van der Waals surface area contributed by atoms with Crippen molar-refractivity contribution in [2.45, 2.75) is 36.5 Å². The summed E-state index contributed by atoms with van der Waals surface area (Å²) in [5, 5.41) is 0. The molecule has 0 atom stereocenters. The van der Waals surface area contributed by atoms with Crippen LogP contribution in [0.15, 0.2) is 83.1 Å². The van der Waals surface area contributed by atoms with Gasteiger partial charge in [0.1, 0.15) is 5.75 Å². The number of carbonyl (C=O) groups is 1. The second-order valence-electron chi connectivity index (χ2n) is 8.23. The summed E-state index contributed by atoms with van der Waals surface area (Å²) in [5.41, 5.74) is 1.40. The normalized spacial score (nSPS) is 11.7. The molecule has 0 aliphatic rings. The summed E-state index contributed by atoms with van der Waals surface area (Å²) in [6, 6.07) is 13.2. The van der Waals surface area contributed by atoms with Gasteiger partial charge in [0.05, 0.1) is 22.0 Å². The number of hydrogen-bond donors (Lipinski definition) is 0. The third kappa shape index (κ3) is 5.28. The minimum absolute atomic E-state index is 0.0342. The lowest BCUT2D eigenvalue weighted by atomic mass is 10.0. The number of carbonyl (C=O) groups excluding carboxylic acids is 1. The molecule has 0 radical (unpaired) electrons. The lowest BCUT2D eigenvalue weighted by Crippen LogP contribution is -2.06. The molecule has 0 unspecified atom stereocenters. The van der Waals surface area contributed by atoms with Crippen LogP contribution in [0.5, 0.6) is 5.75 Å². The highest BCUT2D eigenvalue weighted by Gasteiger charge is 2.18. The molecule has 0 aliphatic heterocycles. The first-order valence-electron chi connectivity index (χ1n) is 10.7. The van der Waals surface area contributed by atoms with Crippen molar-refractivity contribution in [2.24, 2.45) is 5.92 Å². The van der Waals surface area contributed by atoms with Gasteiger partial charge in [-0.25, -0.2) is 18.4 Å². The van der Waals surface area contributed by atoms with Crippen LogP contribution in [0.4, 0.5) is 0 Å². The fourth-order valence-corrected chi connectivity index (χ4v) is 4.62. The molecule has 0 N–H and O–H groups in total. The number of hydrogen-bond acceptors (Lipinski definition) is 6. The Morgan fingerprint density at radius 2 is 1.85 bits per heavy atom. The maximum Gasteiger partial charge on any atom is 0.233 e. The average molecular weight is 464 g/mol. The SMILES string of the molecule is CC(C)COc1cccc(S(=O)(=O)c2ccc(CCC(=O)c3cnc4nccn4c3)cc2)c1. The summed E-state index contributed by atoms with van der Waals surface area (Å²) in [6.45, 7) is 4.58. The Morgan fingerprint density at radius 3 is 2.61 bits per heavy atom. The van der Waals surface area contributed by atoms with Gasteiger partial charge in [0.25, 0.3) is 0 Å². The number of nitrogens with zero attached hydrogens (tertiary/aromatic N) is 3. The molecule has 170 valence electrons. The molecule has 33 heavy (non-hydrogen) atoms. The standard InChI is InChI=1S/C25H25N3O4S/c1-18(2)17-32-21-4-3-5-23(14-21)33(30,31)22-9-6-19(7-10-22)8-11-24(29)20-15-27-25-26-12-13-28(25)16-20/h3-7,9-10,12-16,18H,8,11,17H2,1-2H3. The first-order chi connectivity index (χ1) is 15.8. The Balaban J connectivity index is 1.43. The van der Waals surface area contributed by atoms with E-state index in [1.807, 2.05) is 13.8 Å². The van der Waals surface area contributed by atoms with E-state index in [-0.39, 0.29) is 15.6 Å². The van der Waals surface area contributed by atoms with Crippen LogP contribution in [0.3, 0.4) is 0 Å². The summed E-state index contributed by atoms with van der Waals surface area (Å²) in [6.07, 6.45) is 7.40. The Bertz CT molecular complexity index is 1380. The second-order valence-corrected chi connectivity index (χ2v) is 10.2. The average Bonchev–Trinajstić information content (AvgIpc) is 3.29. The summed E-state index contributed by atoms with van der Waals surface area (Å²) in [5.74, 6) is 1.38. The van der Waals surface area contributed by atoms with E-state index in [1.54, 1.807) is 71.5 Å². The van der Waals surface area contributed by atoms with Gasteiger partial charge in [-0.2, -0.15) is 0 Å². The van der Waals surface area contributed by atoms with E-state index in [0.717, 1.165) is 5.56 Å². The van der Waals surface area contributed by atoms with Crippen LogP contribution in [-0.4, -0.2) is 35.2 Å². The Labute approximate surface area is 193 Å². The highest BCUT2D eigenvalue weighted by atomic mass is 32.2. The highest BCUT2D eigenvalue weighted by molar-refractivity contribution is 7.91. The summed E-state index contributed by atoms with van der Waals surface area (Å²) < 4.78 is 33.5. The van der Waals surface area contributed by atoms with E-state index in [4.69, 9.17) is 4.74 Å². The number of imidazole rings is 1. The number of aromatic nitrogens is 3. The predicted octanol–water partition coefficient (Wildman–Crippen LogP) is 4.41. The largest absolute Gasteiger partial charge is 0.493 e. The Hall–Kier alpha value is -3.52. The van der Waals surface area contributed by atoms with Crippen LogP contribution in [0.1, 0.15) is 36.2 Å². The molecule has 4 aromatic rings. The fourth-order valence-electron chi connectivity index (χ4n) is 3.33. The van der Waals surface area contributed by atoms with Gasteiger partial charge >= 0.3 is 0 Å². The number of aryl methyl sites for hydroxylation is 1. The zero-order chi connectivity index (χ0) is 23.4. The molecule has 0 spiro atoms. The summed E-state index contributed by atoms with van der Waals surface area (Å²) in [7, 11) is -3.67. The maximum absolute atomic E-state index is 13.0. The second kappa shape index (κ2) is 9.54. The first kappa shape index (κ1) is 22.7. The quantitative estimate of drug-likeness (QED) is 0.342. The monoisotopic (exact) mass is 463 g/mol. The third-order valence-electron chi connectivity index (χ3n) is 5.14. The van der Waals surface area contributed by atoms with Gasteiger partial charge in [-0.3, -0.25) is 9.20 Å². The number of fused-ring (bicyclic) bond motifs is 1. The van der Waals surface area contributed by atoms with Gasteiger partial charge in [0, 0.05) is 31.2 Å². The van der Waals surface area contributed by atoms with Gasteiger partial charge in [0.15, 0.2) is 5.78 Å². The minimum atomic E-state index is -3.67. The number of sulfone groups is 1. The number of benzene rings is 2. The van der Waals surface area contributed by atoms with E-state index >= 15 is 0 Å². The molecule has 0 fully saturated rings. The number of ketones is 1. The molecule has 7 nitrogen and oxygen atoms in total. The van der Waals surface area contributed by atoms with Crippen LogP contribution in [0, 0.1) is 5.92 Å². The molecular weight excluding hydrogens is 438 g/mol. The van der Waals surface area contributed by atoms with Crippen molar-refractivity contribution in [1.29, 1.82) is 0 Å². The summed E-state index contributed by atoms with van der Waals surface area (Å²) >= 11 is 0. The molecule has 2 aromatic heterocycles. The van der Waals surface area contributed by atoms with Crippen LogP contribution >= 0.6 is 0 Å². The molecular formula is C25H25N3O4S. The Morgan fingerprint density at radius 1 is 1.06 bits per heavy atom. The number of rotatable bonds is 9. The zero-order valence-corrected chi connectivity index (χ0v) is 19.3. The van der Waals surface area contributed by atoms with Gasteiger partial charge in [-0.1, -0.05) is 32.0 Å². The minimum Gasteiger partial charge on any atom is -0.493 e. The molecule has 0 saturated heterocycles. The van der Waals surface area contributed by atoms with Crippen molar-refractivity contribution in [3.63, 3.8) is 0 Å². The van der Waals surface area contributed by atoms with Crippen LogP contribution in [0.2, 0.25) is 0 Å². The van der Waals surface area contributed by atoms with E-state index in [1.165, 1.54) is 6.20 Å². The van der Waals surface area contributed by atoms with Crippen LogP contribution in [0.25, 0.3) is 5.78 Å². The van der Waals surface area contributed by atoms with Crippen molar-refractivity contribution < 1.29 is 17.9 Å². The van der Waals surface area contributed by atoms with Crippen molar-refractivity contribution in [1.82, 2.24) is 14.4 Å². The van der Waals surface area contributed by atoms with Gasteiger partial charge in [-0.05, 0) is 48.2 Å². The van der Waals surface area contributed by atoms with E-state index in [9.17, 15) is 13.2 Å². The molecule has 0 aliphatic carbocycles. The van der Waals surface area contributed by atoms with E-state index < -0.39 is 9.84 Å². The zero-order valence-electron chi connectivity index (χ0n) is 18.5. The first-order valence-corrected chi connectivity index (χ1v) is 12.2. The molecule has 0 amide bonds. The Kier molecular flexibility index (Phi) is 6.55. The van der Waals surface area contributed by atoms with Gasteiger partial charge in [-0.15, -0.1) is 0 Å². The number of Topliss-reactive ketones (excluding diaryl/α,β-unsaturated/α-hetero) is 1. The van der Waals surface area contributed by atoms with Crippen molar-refractivity contribution in [3.8, 4) is 5.75 Å². The maximum atomic E-state index is 13.0. The van der Waals surface area contributed by atoms with E-state index in [0.29, 0.717) is 42.5 Å². The molecule has 0 saturated carbocycles. The van der Waals surface area contributed by atoms with Gasteiger partial charge < -0.3 is 4.74 Å². The molecule has 2 aromatic carbocycles. The van der Waals surface area contributed by atoms with Crippen molar-refractivity contribution in [3.05, 3.63) is 84.4 Å². The van der Waals surface area contributed by atoms with Crippen LogP contribution < -0.4 is 4.74 Å². The predicted molar refractivity (Wildman–Crippen MR) is 124 cm³/mol. The third-order valence-corrected chi connectivity index (χ3v) is 6.91.